The average molecular weight is 421 g/mol. The van der Waals surface area contributed by atoms with Crippen LogP contribution in [0.2, 0.25) is 0 Å². The van der Waals surface area contributed by atoms with Crippen molar-refractivity contribution in [2.75, 3.05) is 51.6 Å². The zero-order valence-electron chi connectivity index (χ0n) is 16.6. The average Bonchev–Trinajstić information content (AvgIpc) is 3.24. The summed E-state index contributed by atoms with van der Waals surface area (Å²) in [6.07, 6.45) is 2.33. The molecule has 29 heavy (non-hydrogen) atoms. The Bertz CT molecular complexity index is 863. The summed E-state index contributed by atoms with van der Waals surface area (Å²) in [5, 5.41) is 10.4. The summed E-state index contributed by atoms with van der Waals surface area (Å²) in [5.74, 6) is 0.670. The Morgan fingerprint density at radius 1 is 1.14 bits per heavy atom. The lowest BCUT2D eigenvalue weighted by molar-refractivity contribution is 0.260. The van der Waals surface area contributed by atoms with Crippen molar-refractivity contribution in [3.8, 4) is 0 Å². The second-order valence-corrected chi connectivity index (χ2v) is 8.72. The van der Waals surface area contributed by atoms with Gasteiger partial charge in [0.1, 0.15) is 12.0 Å². The summed E-state index contributed by atoms with van der Waals surface area (Å²) in [4.78, 5) is 6.43. The number of piperazine rings is 1. The largest absolute Gasteiger partial charge is 0.385 e. The number of guanidine groups is 1. The molecule has 0 radical (unpaired) electrons. The Morgan fingerprint density at radius 3 is 2.55 bits per heavy atom. The Morgan fingerprint density at radius 2 is 1.90 bits per heavy atom. The highest BCUT2D eigenvalue weighted by molar-refractivity contribution is 7.88. The number of nitrogens with one attached hydrogen (secondary N) is 2. The molecule has 3 rings (SSSR count). The second kappa shape index (κ2) is 10.3. The topological polar surface area (TPSA) is 103 Å². The van der Waals surface area contributed by atoms with E-state index in [4.69, 9.17) is 4.52 Å². The number of aliphatic imine (C=N–C) groups is 1. The lowest BCUT2D eigenvalue weighted by Gasteiger charge is -2.35. The number of sulfonamides is 1. The highest BCUT2D eigenvalue weighted by atomic mass is 32.2. The van der Waals surface area contributed by atoms with Crippen LogP contribution in [0.1, 0.15) is 12.1 Å². The van der Waals surface area contributed by atoms with Crippen molar-refractivity contribution in [1.29, 1.82) is 0 Å². The molecule has 158 valence electrons. The highest BCUT2D eigenvalue weighted by Crippen LogP contribution is 2.13. The van der Waals surface area contributed by atoms with Crippen LogP contribution in [0.5, 0.6) is 0 Å². The molecule has 0 amide bonds. The van der Waals surface area contributed by atoms with Crippen LogP contribution in [0.15, 0.2) is 52.2 Å². The van der Waals surface area contributed by atoms with E-state index in [2.05, 4.69) is 25.7 Å². The maximum Gasteiger partial charge on any atom is 0.220 e. The first-order chi connectivity index (χ1) is 14.1. The van der Waals surface area contributed by atoms with Crippen molar-refractivity contribution >= 4 is 21.7 Å². The number of rotatable bonds is 8. The third-order valence-electron chi connectivity index (χ3n) is 4.70. The summed E-state index contributed by atoms with van der Waals surface area (Å²) < 4.78 is 31.3. The predicted molar refractivity (Wildman–Crippen MR) is 113 cm³/mol. The van der Waals surface area contributed by atoms with Crippen LogP contribution in [0.3, 0.4) is 0 Å². The van der Waals surface area contributed by atoms with Gasteiger partial charge < -0.3 is 20.1 Å². The number of aromatic nitrogens is 1. The van der Waals surface area contributed by atoms with Crippen molar-refractivity contribution in [1.82, 2.24) is 19.7 Å². The molecule has 1 aliphatic heterocycles. The number of para-hydroxylation sites is 1. The first-order valence-corrected chi connectivity index (χ1v) is 11.3. The third kappa shape index (κ3) is 6.20. The van der Waals surface area contributed by atoms with Gasteiger partial charge in [-0.25, -0.2) is 8.42 Å². The number of benzene rings is 1. The van der Waals surface area contributed by atoms with Crippen LogP contribution in [-0.2, 0) is 15.8 Å². The highest BCUT2D eigenvalue weighted by Gasteiger charge is 2.28. The lowest BCUT2D eigenvalue weighted by atomic mass is 10.3. The molecule has 1 aliphatic rings. The van der Waals surface area contributed by atoms with Gasteiger partial charge in [0, 0.05) is 58.1 Å². The summed E-state index contributed by atoms with van der Waals surface area (Å²) in [5.41, 5.74) is 1.54. The van der Waals surface area contributed by atoms with Gasteiger partial charge >= 0.3 is 0 Å². The fraction of sp³-hybridized carbons (Fsp3) is 0.474. The SMILES string of the molecule is CN=C(NCCCNc1ccccc1)N1CCN(S(=O)(=O)Cc2ccon2)CC1. The van der Waals surface area contributed by atoms with E-state index in [-0.39, 0.29) is 5.75 Å². The Balaban J connectivity index is 1.39. The number of hydrogen-bond acceptors (Lipinski definition) is 6. The summed E-state index contributed by atoms with van der Waals surface area (Å²) in [6, 6.07) is 11.7. The van der Waals surface area contributed by atoms with Gasteiger partial charge in [-0.1, -0.05) is 23.4 Å². The molecule has 10 heteroatoms. The third-order valence-corrected chi connectivity index (χ3v) is 6.52. The smallest absolute Gasteiger partial charge is 0.220 e. The molecule has 2 N–H and O–H groups in total. The van der Waals surface area contributed by atoms with E-state index in [1.807, 2.05) is 30.3 Å². The number of nitrogens with zero attached hydrogens (tertiary/aromatic N) is 4. The summed E-state index contributed by atoms with van der Waals surface area (Å²) >= 11 is 0. The van der Waals surface area contributed by atoms with Gasteiger partial charge in [-0.05, 0) is 18.6 Å². The second-order valence-electron chi connectivity index (χ2n) is 6.75. The standard InChI is InChI=1S/C19H28N6O3S/c1-20-19(22-10-5-9-21-17-6-3-2-4-7-17)24-11-13-25(14-12-24)29(26,27)16-18-8-15-28-23-18/h2-4,6-8,15,21H,5,9-14,16H2,1H3,(H,20,22). The quantitative estimate of drug-likeness (QED) is 0.376. The minimum Gasteiger partial charge on any atom is -0.385 e. The summed E-state index contributed by atoms with van der Waals surface area (Å²) in [6.45, 7) is 3.70. The molecule has 2 aromatic rings. The minimum atomic E-state index is -3.40. The van der Waals surface area contributed by atoms with E-state index >= 15 is 0 Å². The van der Waals surface area contributed by atoms with Crippen molar-refractivity contribution < 1.29 is 12.9 Å². The molecule has 0 saturated carbocycles. The molecule has 0 bridgehead atoms. The molecule has 9 nitrogen and oxygen atoms in total. The van der Waals surface area contributed by atoms with Gasteiger partial charge in [-0.15, -0.1) is 0 Å². The molecule has 2 heterocycles. The van der Waals surface area contributed by atoms with E-state index in [1.54, 1.807) is 13.1 Å². The first kappa shape index (κ1) is 21.1. The lowest BCUT2D eigenvalue weighted by Crippen LogP contribution is -2.54. The van der Waals surface area contributed by atoms with Crippen molar-refractivity contribution in [2.24, 2.45) is 4.99 Å². The Hall–Kier alpha value is -2.59. The van der Waals surface area contributed by atoms with Crippen molar-refractivity contribution in [3.05, 3.63) is 48.4 Å². The van der Waals surface area contributed by atoms with Gasteiger partial charge in [-0.3, -0.25) is 4.99 Å². The number of hydrogen-bond donors (Lipinski definition) is 2. The normalized spacial score (nSPS) is 16.0. The zero-order valence-corrected chi connectivity index (χ0v) is 17.4. The molecule has 1 fully saturated rings. The molecular weight excluding hydrogens is 392 g/mol. The molecular formula is C19H28N6O3S. The maximum absolute atomic E-state index is 12.5. The van der Waals surface area contributed by atoms with Gasteiger partial charge in [0.25, 0.3) is 0 Å². The maximum atomic E-state index is 12.5. The van der Waals surface area contributed by atoms with Crippen LogP contribution < -0.4 is 10.6 Å². The van der Waals surface area contributed by atoms with Crippen LogP contribution in [0, 0.1) is 0 Å². The fourth-order valence-electron chi connectivity index (χ4n) is 3.18. The molecule has 0 atom stereocenters. The van der Waals surface area contributed by atoms with Crippen LogP contribution in [0.25, 0.3) is 0 Å². The van der Waals surface area contributed by atoms with Gasteiger partial charge in [0.05, 0.1) is 5.69 Å². The Kier molecular flexibility index (Phi) is 7.48. The van der Waals surface area contributed by atoms with Gasteiger partial charge in [-0.2, -0.15) is 4.31 Å². The van der Waals surface area contributed by atoms with E-state index in [9.17, 15) is 8.42 Å². The molecule has 1 saturated heterocycles. The predicted octanol–water partition coefficient (Wildman–Crippen LogP) is 1.20. The molecule has 1 aromatic carbocycles. The van der Waals surface area contributed by atoms with Crippen molar-refractivity contribution in [2.45, 2.75) is 12.2 Å². The molecule has 0 aliphatic carbocycles. The molecule has 0 spiro atoms. The van der Waals surface area contributed by atoms with E-state index in [0.29, 0.717) is 31.9 Å². The Labute approximate surface area is 171 Å². The van der Waals surface area contributed by atoms with Crippen LogP contribution in [-0.4, -0.2) is 75.1 Å². The van der Waals surface area contributed by atoms with E-state index < -0.39 is 10.0 Å². The monoisotopic (exact) mass is 420 g/mol. The number of anilines is 1. The van der Waals surface area contributed by atoms with Gasteiger partial charge in [0.15, 0.2) is 5.96 Å². The minimum absolute atomic E-state index is 0.134. The fourth-order valence-corrected chi connectivity index (χ4v) is 4.60. The summed E-state index contributed by atoms with van der Waals surface area (Å²) in [7, 11) is -1.65. The first-order valence-electron chi connectivity index (χ1n) is 9.70. The van der Waals surface area contributed by atoms with Crippen molar-refractivity contribution in [3.63, 3.8) is 0 Å². The molecule has 1 aromatic heterocycles. The van der Waals surface area contributed by atoms with Gasteiger partial charge in [0.2, 0.25) is 10.0 Å². The molecule has 0 unspecified atom stereocenters. The van der Waals surface area contributed by atoms with Crippen LogP contribution >= 0.6 is 0 Å². The zero-order chi connectivity index (χ0) is 20.5. The van der Waals surface area contributed by atoms with E-state index in [0.717, 1.165) is 31.2 Å². The van der Waals surface area contributed by atoms with E-state index in [1.165, 1.54) is 10.6 Å². The van der Waals surface area contributed by atoms with Crippen LogP contribution in [0.4, 0.5) is 5.69 Å².